The second kappa shape index (κ2) is 7.45. The van der Waals surface area contributed by atoms with Gasteiger partial charge in [-0.2, -0.15) is 0 Å². The van der Waals surface area contributed by atoms with Crippen molar-refractivity contribution in [2.75, 3.05) is 17.1 Å². The molecule has 3 rings (SSSR count). The van der Waals surface area contributed by atoms with E-state index in [4.69, 9.17) is 4.74 Å². The van der Waals surface area contributed by atoms with Crippen LogP contribution in [0.3, 0.4) is 0 Å². The van der Waals surface area contributed by atoms with Crippen LogP contribution < -0.4 is 14.8 Å². The van der Waals surface area contributed by atoms with Crippen molar-refractivity contribution in [1.29, 1.82) is 0 Å². The van der Waals surface area contributed by atoms with Crippen molar-refractivity contribution in [2.24, 2.45) is 0 Å². The first-order valence-corrected chi connectivity index (χ1v) is 9.42. The van der Waals surface area contributed by atoms with Crippen LogP contribution in [-0.4, -0.2) is 20.5 Å². The lowest BCUT2D eigenvalue weighted by atomic mass is 10.2. The van der Waals surface area contributed by atoms with Gasteiger partial charge in [-0.25, -0.2) is 13.4 Å². The van der Waals surface area contributed by atoms with E-state index in [9.17, 15) is 8.42 Å². The molecule has 6 nitrogen and oxygen atoms in total. The lowest BCUT2D eigenvalue weighted by Gasteiger charge is -2.11. The molecule has 0 saturated heterocycles. The van der Waals surface area contributed by atoms with Gasteiger partial charge in [-0.05, 0) is 55.0 Å². The summed E-state index contributed by atoms with van der Waals surface area (Å²) in [6.45, 7) is 1.75. The molecule has 0 spiro atoms. The average Bonchev–Trinajstić information content (AvgIpc) is 2.64. The molecule has 0 fully saturated rings. The summed E-state index contributed by atoms with van der Waals surface area (Å²) in [4.78, 5) is 4.41. The summed E-state index contributed by atoms with van der Waals surface area (Å²) in [5.74, 6) is 1.03. The number of methoxy groups -OCH3 is 1. The number of ether oxygens (including phenoxy) is 1. The van der Waals surface area contributed by atoms with E-state index in [0.29, 0.717) is 5.56 Å². The molecule has 1 heterocycles. The molecular formula is C19H19N3O3S. The Morgan fingerprint density at radius 1 is 0.923 bits per heavy atom. The Morgan fingerprint density at radius 3 is 2.23 bits per heavy atom. The van der Waals surface area contributed by atoms with Crippen LogP contribution in [0.25, 0.3) is 0 Å². The van der Waals surface area contributed by atoms with Gasteiger partial charge in [0.2, 0.25) is 0 Å². The molecule has 7 heteroatoms. The molecule has 0 aliphatic heterocycles. The molecule has 1 aromatic heterocycles. The van der Waals surface area contributed by atoms with Gasteiger partial charge in [0.15, 0.2) is 0 Å². The van der Waals surface area contributed by atoms with E-state index in [1.807, 2.05) is 24.3 Å². The van der Waals surface area contributed by atoms with Crippen molar-refractivity contribution >= 4 is 27.2 Å². The number of aryl methyl sites for hydroxylation is 1. The van der Waals surface area contributed by atoms with Gasteiger partial charge in [-0.1, -0.05) is 18.2 Å². The number of pyridine rings is 1. The van der Waals surface area contributed by atoms with Crippen LogP contribution in [0, 0.1) is 6.92 Å². The van der Waals surface area contributed by atoms with E-state index in [1.165, 1.54) is 0 Å². The normalized spacial score (nSPS) is 11.0. The second-order valence-electron chi connectivity index (χ2n) is 5.66. The first-order valence-electron chi connectivity index (χ1n) is 7.93. The Morgan fingerprint density at radius 2 is 1.62 bits per heavy atom. The third-order valence-electron chi connectivity index (χ3n) is 3.76. The number of nitrogens with one attached hydrogen (secondary N) is 2. The first kappa shape index (κ1) is 17.8. The lowest BCUT2D eigenvalue weighted by molar-refractivity contribution is 0.415. The summed E-state index contributed by atoms with van der Waals surface area (Å²) < 4.78 is 32.6. The van der Waals surface area contributed by atoms with Gasteiger partial charge in [0, 0.05) is 5.69 Å². The van der Waals surface area contributed by atoms with E-state index in [0.717, 1.165) is 17.1 Å². The van der Waals surface area contributed by atoms with E-state index in [-0.39, 0.29) is 10.7 Å². The molecular weight excluding hydrogens is 350 g/mol. The van der Waals surface area contributed by atoms with E-state index >= 15 is 0 Å². The molecule has 0 atom stereocenters. The topological polar surface area (TPSA) is 80.3 Å². The zero-order chi connectivity index (χ0) is 18.6. The molecule has 2 N–H and O–H groups in total. The SMILES string of the molecule is COc1ccc(Nc2ccc(NS(=O)(=O)c3ccccc3C)nc2)cc1. The third kappa shape index (κ3) is 4.12. The number of sulfonamides is 1. The lowest BCUT2D eigenvalue weighted by Crippen LogP contribution is -2.15. The molecule has 0 aliphatic carbocycles. The van der Waals surface area contributed by atoms with Crippen LogP contribution in [0.5, 0.6) is 5.75 Å². The highest BCUT2D eigenvalue weighted by Gasteiger charge is 2.16. The minimum atomic E-state index is -3.67. The molecule has 0 amide bonds. The third-order valence-corrected chi connectivity index (χ3v) is 5.28. The number of benzene rings is 2. The van der Waals surface area contributed by atoms with Crippen LogP contribution in [0.2, 0.25) is 0 Å². The number of hydrogen-bond acceptors (Lipinski definition) is 5. The Labute approximate surface area is 152 Å². The van der Waals surface area contributed by atoms with Gasteiger partial charge >= 0.3 is 0 Å². The minimum absolute atomic E-state index is 0.238. The number of hydrogen-bond donors (Lipinski definition) is 2. The molecule has 0 radical (unpaired) electrons. The van der Waals surface area contributed by atoms with Crippen molar-refractivity contribution in [3.05, 3.63) is 72.4 Å². The Balaban J connectivity index is 1.72. The molecule has 26 heavy (non-hydrogen) atoms. The predicted octanol–water partition coefficient (Wildman–Crippen LogP) is 3.94. The Hall–Kier alpha value is -3.06. The molecule has 0 aliphatic rings. The molecule has 0 saturated carbocycles. The minimum Gasteiger partial charge on any atom is -0.497 e. The maximum Gasteiger partial charge on any atom is 0.263 e. The molecule has 3 aromatic rings. The van der Waals surface area contributed by atoms with Gasteiger partial charge in [-0.3, -0.25) is 4.72 Å². The molecule has 0 unspecified atom stereocenters. The molecule has 134 valence electrons. The maximum atomic E-state index is 12.5. The molecule has 0 bridgehead atoms. The highest BCUT2D eigenvalue weighted by atomic mass is 32.2. The van der Waals surface area contributed by atoms with Crippen molar-refractivity contribution in [3.8, 4) is 5.75 Å². The average molecular weight is 369 g/mol. The van der Waals surface area contributed by atoms with Crippen LogP contribution in [0.1, 0.15) is 5.56 Å². The number of aromatic nitrogens is 1. The van der Waals surface area contributed by atoms with Gasteiger partial charge in [0.25, 0.3) is 10.0 Å². The number of rotatable bonds is 6. The van der Waals surface area contributed by atoms with Crippen molar-refractivity contribution < 1.29 is 13.2 Å². The van der Waals surface area contributed by atoms with Gasteiger partial charge in [-0.15, -0.1) is 0 Å². The number of anilines is 3. The first-order chi connectivity index (χ1) is 12.5. The highest BCUT2D eigenvalue weighted by Crippen LogP contribution is 2.22. The summed E-state index contributed by atoms with van der Waals surface area (Å²) in [6.07, 6.45) is 1.57. The number of nitrogens with zero attached hydrogens (tertiary/aromatic N) is 1. The largest absolute Gasteiger partial charge is 0.497 e. The van der Waals surface area contributed by atoms with Crippen molar-refractivity contribution in [3.63, 3.8) is 0 Å². The summed E-state index contributed by atoms with van der Waals surface area (Å²) in [5, 5.41) is 3.19. The van der Waals surface area contributed by atoms with Gasteiger partial charge in [0.05, 0.1) is 23.9 Å². The standard InChI is InChI=1S/C19H19N3O3S/c1-14-5-3-4-6-18(14)26(23,24)22-19-12-9-16(13-20-19)21-15-7-10-17(25-2)11-8-15/h3-13,21H,1-2H3,(H,20,22). The smallest absolute Gasteiger partial charge is 0.263 e. The molecule has 2 aromatic carbocycles. The maximum absolute atomic E-state index is 12.5. The fourth-order valence-electron chi connectivity index (χ4n) is 2.42. The summed E-state index contributed by atoms with van der Waals surface area (Å²) in [7, 11) is -2.06. The van der Waals surface area contributed by atoms with E-state index < -0.39 is 10.0 Å². The van der Waals surface area contributed by atoms with Crippen LogP contribution in [0.15, 0.2) is 71.8 Å². The van der Waals surface area contributed by atoms with Crippen molar-refractivity contribution in [1.82, 2.24) is 4.98 Å². The Bertz CT molecular complexity index is 985. The van der Waals surface area contributed by atoms with E-state index in [2.05, 4.69) is 15.0 Å². The van der Waals surface area contributed by atoms with Gasteiger partial charge in [0.1, 0.15) is 11.6 Å². The van der Waals surface area contributed by atoms with Crippen molar-refractivity contribution in [2.45, 2.75) is 11.8 Å². The summed E-state index contributed by atoms with van der Waals surface area (Å²) in [6, 6.07) is 17.6. The quantitative estimate of drug-likeness (QED) is 0.688. The fraction of sp³-hybridized carbons (Fsp3) is 0.105. The van der Waals surface area contributed by atoms with Crippen LogP contribution >= 0.6 is 0 Å². The fourth-order valence-corrected chi connectivity index (χ4v) is 3.68. The second-order valence-corrected chi connectivity index (χ2v) is 7.31. The van der Waals surface area contributed by atoms with Gasteiger partial charge < -0.3 is 10.1 Å². The van der Waals surface area contributed by atoms with E-state index in [1.54, 1.807) is 56.6 Å². The van der Waals surface area contributed by atoms with Crippen LogP contribution in [-0.2, 0) is 10.0 Å². The zero-order valence-corrected chi connectivity index (χ0v) is 15.2. The predicted molar refractivity (Wildman–Crippen MR) is 103 cm³/mol. The monoisotopic (exact) mass is 369 g/mol. The summed E-state index contributed by atoms with van der Waals surface area (Å²) >= 11 is 0. The zero-order valence-electron chi connectivity index (χ0n) is 14.4. The summed E-state index contributed by atoms with van der Waals surface area (Å²) in [5.41, 5.74) is 2.30. The highest BCUT2D eigenvalue weighted by molar-refractivity contribution is 7.92. The van der Waals surface area contributed by atoms with Crippen LogP contribution in [0.4, 0.5) is 17.2 Å². The Kier molecular flexibility index (Phi) is 5.09.